The van der Waals surface area contributed by atoms with E-state index in [-0.39, 0.29) is 6.61 Å². The van der Waals surface area contributed by atoms with Crippen molar-refractivity contribution < 1.29 is 29.6 Å². The first-order chi connectivity index (χ1) is 8.76. The Bertz CT molecular complexity index is 274. The highest BCUT2D eigenvalue weighted by atomic mass is 33.1. The van der Waals surface area contributed by atoms with Gasteiger partial charge in [-0.25, -0.2) is 0 Å². The first-order valence-corrected chi connectivity index (χ1v) is 8.53. The molecule has 1 aliphatic rings. The molecule has 0 unspecified atom stereocenters. The van der Waals surface area contributed by atoms with Crippen LogP contribution in [0, 0.1) is 0 Å². The number of quaternary nitrogens is 1. The lowest BCUT2D eigenvalue weighted by Crippen LogP contribution is -2.57. The highest BCUT2D eigenvalue weighted by Gasteiger charge is 2.43. The molecule has 0 amide bonds. The van der Waals surface area contributed by atoms with Gasteiger partial charge in [-0.1, -0.05) is 21.6 Å². The third-order valence-electron chi connectivity index (χ3n) is 2.86. The van der Waals surface area contributed by atoms with Gasteiger partial charge in [0.15, 0.2) is 0 Å². The second kappa shape index (κ2) is 7.46. The molecule has 0 aromatic carbocycles. The molecule has 0 aromatic heterocycles. The molecule has 0 aromatic rings. The van der Waals surface area contributed by atoms with Gasteiger partial charge in [-0.3, -0.25) is 0 Å². The molecule has 5 atom stereocenters. The van der Waals surface area contributed by atoms with Gasteiger partial charge < -0.3 is 29.6 Å². The summed E-state index contributed by atoms with van der Waals surface area (Å²) >= 11 is 0. The predicted molar refractivity (Wildman–Crippen MR) is 76.7 cm³/mol. The normalized spacial score (nSPS) is 36.5. The van der Waals surface area contributed by atoms with Crippen molar-refractivity contribution in [1.29, 1.82) is 0 Å². The fourth-order valence-corrected chi connectivity index (χ4v) is 4.28. The Kier molecular flexibility index (Phi) is 6.88. The molecule has 1 fully saturated rings. The minimum atomic E-state index is -1.29. The van der Waals surface area contributed by atoms with E-state index in [1.54, 1.807) is 10.8 Å². The molecule has 0 spiro atoms. The van der Waals surface area contributed by atoms with Crippen LogP contribution in [-0.4, -0.2) is 94.8 Å². The first kappa shape index (κ1) is 17.5. The zero-order chi connectivity index (χ0) is 14.6. The number of ether oxygens (including phenoxy) is 1. The third-order valence-corrected chi connectivity index (χ3v) is 5.40. The van der Waals surface area contributed by atoms with Crippen molar-refractivity contribution in [2.24, 2.45) is 0 Å². The fraction of sp³-hybridized carbons (Fsp3) is 1.00. The summed E-state index contributed by atoms with van der Waals surface area (Å²) in [5, 5.41) is 38.2. The Morgan fingerprint density at radius 3 is 2.21 bits per heavy atom. The van der Waals surface area contributed by atoms with Gasteiger partial charge in [0.1, 0.15) is 29.9 Å². The van der Waals surface area contributed by atoms with Crippen LogP contribution in [0.3, 0.4) is 0 Å². The molecule has 8 heteroatoms. The predicted octanol–water partition coefficient (Wildman–Crippen LogP) is -1.13. The van der Waals surface area contributed by atoms with Gasteiger partial charge in [0, 0.05) is 0 Å². The van der Waals surface area contributed by atoms with Gasteiger partial charge in [0.05, 0.1) is 40.0 Å². The van der Waals surface area contributed by atoms with Gasteiger partial charge in [0.2, 0.25) is 0 Å². The highest BCUT2D eigenvalue weighted by molar-refractivity contribution is 8.76. The molecule has 1 saturated heterocycles. The summed E-state index contributed by atoms with van der Waals surface area (Å²) in [6.07, 6.45) is -4.55. The minimum Gasteiger partial charge on any atom is -0.394 e. The van der Waals surface area contributed by atoms with E-state index in [9.17, 15) is 15.3 Å². The average Bonchev–Trinajstić information content (AvgIpc) is 2.33. The Balaban J connectivity index is 2.40. The van der Waals surface area contributed by atoms with Gasteiger partial charge in [-0.05, 0) is 0 Å². The van der Waals surface area contributed by atoms with Gasteiger partial charge in [-0.2, -0.15) is 0 Å². The quantitative estimate of drug-likeness (QED) is 0.280. The maximum Gasteiger partial charge on any atom is 0.142 e. The molecule has 0 saturated carbocycles. The molecule has 1 heterocycles. The molecule has 114 valence electrons. The zero-order valence-corrected chi connectivity index (χ0v) is 13.1. The molecule has 19 heavy (non-hydrogen) atoms. The number of rotatable bonds is 6. The second-order valence-corrected chi connectivity index (χ2v) is 8.21. The molecule has 4 N–H and O–H groups in total. The lowest BCUT2D eigenvalue weighted by atomic mass is 10.0. The van der Waals surface area contributed by atoms with Crippen LogP contribution in [-0.2, 0) is 4.74 Å². The zero-order valence-electron chi connectivity index (χ0n) is 11.5. The van der Waals surface area contributed by atoms with Crippen molar-refractivity contribution >= 4 is 21.6 Å². The van der Waals surface area contributed by atoms with Crippen molar-refractivity contribution in [3.05, 3.63) is 0 Å². The summed E-state index contributed by atoms with van der Waals surface area (Å²) in [7, 11) is 9.16. The fourth-order valence-electron chi connectivity index (χ4n) is 1.57. The molecule has 6 nitrogen and oxygen atoms in total. The van der Waals surface area contributed by atoms with Crippen molar-refractivity contribution in [3.63, 3.8) is 0 Å². The van der Waals surface area contributed by atoms with E-state index in [0.29, 0.717) is 0 Å². The minimum absolute atomic E-state index is 0.383. The highest BCUT2D eigenvalue weighted by Crippen LogP contribution is 2.35. The van der Waals surface area contributed by atoms with E-state index in [4.69, 9.17) is 9.84 Å². The Labute approximate surface area is 121 Å². The van der Waals surface area contributed by atoms with Gasteiger partial charge in [-0.15, -0.1) is 0 Å². The van der Waals surface area contributed by atoms with Crippen LogP contribution in [0.15, 0.2) is 0 Å². The van der Waals surface area contributed by atoms with E-state index in [2.05, 4.69) is 21.1 Å². The lowest BCUT2D eigenvalue weighted by molar-refractivity contribution is -0.867. The summed E-state index contributed by atoms with van der Waals surface area (Å²) in [5.41, 5.74) is -0.645. The van der Waals surface area contributed by atoms with Crippen molar-refractivity contribution in [1.82, 2.24) is 0 Å². The van der Waals surface area contributed by atoms with Crippen LogP contribution in [0.1, 0.15) is 0 Å². The van der Waals surface area contributed by atoms with Crippen LogP contribution >= 0.6 is 21.6 Å². The number of aliphatic hydroxyl groups is 4. The molecular weight excluding hydrogens is 290 g/mol. The summed E-state index contributed by atoms with van der Waals surface area (Å²) < 4.78 is 6.24. The van der Waals surface area contributed by atoms with Crippen LogP contribution in [0.25, 0.3) is 0 Å². The number of hydrogen-bond donors (Lipinski definition) is 4. The van der Waals surface area contributed by atoms with E-state index >= 15 is 0 Å². The SMILES string of the molecule is C[N+](C)(C)CCSS[C@H]1O[C@H](CO)[C@@H](O)[C@H](O)[C@@H]1O. The standard InChI is InChI=1S/C11H24NO5S2/c1-12(2,3)4-5-18-19-11-10(16)9(15)8(14)7(6-13)17-11/h7-11,13-16H,4-6H2,1-3H3/q+1/t7-,8-,9+,10+,11-/m1/s1. The molecule has 0 bridgehead atoms. The van der Waals surface area contributed by atoms with E-state index in [1.165, 1.54) is 10.8 Å². The maximum atomic E-state index is 9.83. The van der Waals surface area contributed by atoms with Crippen LogP contribution in [0.4, 0.5) is 0 Å². The lowest BCUT2D eigenvalue weighted by Gasteiger charge is -2.39. The Morgan fingerprint density at radius 2 is 1.68 bits per heavy atom. The summed E-state index contributed by atoms with van der Waals surface area (Å²) in [4.78, 5) is 0. The van der Waals surface area contributed by atoms with Crippen molar-refractivity contribution in [3.8, 4) is 0 Å². The maximum absolute atomic E-state index is 9.83. The Morgan fingerprint density at radius 1 is 1.05 bits per heavy atom. The number of hydrogen-bond acceptors (Lipinski definition) is 7. The summed E-state index contributed by atoms with van der Waals surface area (Å²) in [6.45, 7) is 0.584. The largest absolute Gasteiger partial charge is 0.394 e. The summed E-state index contributed by atoms with van der Waals surface area (Å²) in [5.74, 6) is 0.878. The summed E-state index contributed by atoms with van der Waals surface area (Å²) in [6, 6.07) is 0. The van der Waals surface area contributed by atoms with E-state index in [0.717, 1.165) is 16.8 Å². The number of aliphatic hydroxyl groups excluding tert-OH is 4. The van der Waals surface area contributed by atoms with Crippen molar-refractivity contribution in [2.45, 2.75) is 29.9 Å². The van der Waals surface area contributed by atoms with Crippen LogP contribution < -0.4 is 0 Å². The van der Waals surface area contributed by atoms with E-state index in [1.807, 2.05) is 0 Å². The number of nitrogens with zero attached hydrogens (tertiary/aromatic N) is 1. The van der Waals surface area contributed by atoms with Crippen LogP contribution in [0.2, 0.25) is 0 Å². The second-order valence-electron chi connectivity index (χ2n) is 5.63. The molecule has 1 rings (SSSR count). The third kappa shape index (κ3) is 5.39. The van der Waals surface area contributed by atoms with Crippen LogP contribution in [0.5, 0.6) is 0 Å². The van der Waals surface area contributed by atoms with Gasteiger partial charge >= 0.3 is 0 Å². The molecule has 0 radical (unpaired) electrons. The van der Waals surface area contributed by atoms with E-state index < -0.39 is 29.9 Å². The molecule has 0 aliphatic carbocycles. The van der Waals surface area contributed by atoms with Gasteiger partial charge in [0.25, 0.3) is 0 Å². The Hall–Kier alpha value is 0.460. The molecular formula is C11H24NO5S2+. The monoisotopic (exact) mass is 314 g/mol. The smallest absolute Gasteiger partial charge is 0.142 e. The first-order valence-electron chi connectivity index (χ1n) is 6.15. The molecule has 1 aliphatic heterocycles. The van der Waals surface area contributed by atoms with Crippen molar-refractivity contribution in [2.75, 3.05) is 40.0 Å². The average molecular weight is 314 g/mol. The topological polar surface area (TPSA) is 90.2 Å².